The van der Waals surface area contributed by atoms with Gasteiger partial charge in [-0.3, -0.25) is 0 Å². The van der Waals surface area contributed by atoms with Gasteiger partial charge in [-0.25, -0.2) is 4.79 Å². The van der Waals surface area contributed by atoms with Gasteiger partial charge in [0.05, 0.1) is 5.56 Å². The lowest BCUT2D eigenvalue weighted by atomic mass is 10.1. The van der Waals surface area contributed by atoms with Crippen LogP contribution in [-0.2, 0) is 6.61 Å². The minimum atomic E-state index is -0.991. The molecule has 0 amide bonds. The quantitative estimate of drug-likeness (QED) is 0.902. The van der Waals surface area contributed by atoms with Crippen LogP contribution < -0.4 is 4.74 Å². The van der Waals surface area contributed by atoms with Crippen molar-refractivity contribution in [3.8, 4) is 5.75 Å². The lowest BCUT2D eigenvalue weighted by molar-refractivity contribution is 0.0697. The van der Waals surface area contributed by atoms with Crippen molar-refractivity contribution in [2.45, 2.75) is 27.4 Å². The number of halogens is 1. The van der Waals surface area contributed by atoms with E-state index in [1.165, 1.54) is 17.7 Å². The van der Waals surface area contributed by atoms with Crippen molar-refractivity contribution in [3.63, 3.8) is 0 Å². The van der Waals surface area contributed by atoms with Crippen LogP contribution in [-0.4, -0.2) is 11.1 Å². The summed E-state index contributed by atoms with van der Waals surface area (Å²) in [4.78, 5) is 10.9. The van der Waals surface area contributed by atoms with Gasteiger partial charge in [-0.1, -0.05) is 23.7 Å². The van der Waals surface area contributed by atoms with Gasteiger partial charge in [0.2, 0.25) is 0 Å². The van der Waals surface area contributed by atoms with Crippen molar-refractivity contribution in [2.75, 3.05) is 0 Å². The van der Waals surface area contributed by atoms with Gasteiger partial charge in [-0.2, -0.15) is 0 Å². The predicted molar refractivity (Wildman–Crippen MR) is 83.4 cm³/mol. The van der Waals surface area contributed by atoms with Crippen molar-refractivity contribution in [1.29, 1.82) is 0 Å². The zero-order chi connectivity index (χ0) is 15.6. The highest BCUT2D eigenvalue weighted by atomic mass is 35.5. The number of aryl methyl sites for hydroxylation is 2. The van der Waals surface area contributed by atoms with Gasteiger partial charge in [-0.05, 0) is 55.7 Å². The van der Waals surface area contributed by atoms with Gasteiger partial charge < -0.3 is 9.84 Å². The molecule has 21 heavy (non-hydrogen) atoms. The summed E-state index contributed by atoms with van der Waals surface area (Å²) in [5.41, 5.74) is 4.35. The van der Waals surface area contributed by atoms with E-state index in [0.29, 0.717) is 11.6 Å². The summed E-state index contributed by atoms with van der Waals surface area (Å²) in [5.74, 6) is -0.166. The van der Waals surface area contributed by atoms with E-state index >= 15 is 0 Å². The summed E-state index contributed by atoms with van der Waals surface area (Å²) in [5, 5.41) is 9.32. The van der Waals surface area contributed by atoms with Gasteiger partial charge in [0.25, 0.3) is 0 Å². The molecular weight excluding hydrogens is 288 g/mol. The molecule has 0 bridgehead atoms. The normalized spacial score (nSPS) is 10.5. The van der Waals surface area contributed by atoms with E-state index in [2.05, 4.69) is 6.07 Å². The molecule has 0 saturated carbocycles. The summed E-state index contributed by atoms with van der Waals surface area (Å²) >= 11 is 6.10. The second-order valence-electron chi connectivity index (χ2n) is 5.10. The SMILES string of the molecule is Cc1cc(C)c(C)c(OCc2ccc(C(=O)O)cc2Cl)c1. The number of hydrogen-bond donors (Lipinski definition) is 1. The molecule has 0 saturated heterocycles. The Balaban J connectivity index is 2.19. The number of hydrogen-bond acceptors (Lipinski definition) is 2. The molecule has 0 spiro atoms. The number of ether oxygens (including phenoxy) is 1. The number of aromatic carboxylic acids is 1. The van der Waals surface area contributed by atoms with Crippen molar-refractivity contribution < 1.29 is 14.6 Å². The third kappa shape index (κ3) is 3.56. The van der Waals surface area contributed by atoms with Gasteiger partial charge >= 0.3 is 5.97 Å². The molecule has 0 aliphatic rings. The maximum atomic E-state index is 10.9. The third-order valence-corrected chi connectivity index (χ3v) is 3.80. The Kier molecular flexibility index (Phi) is 4.53. The maximum absolute atomic E-state index is 10.9. The molecule has 0 heterocycles. The van der Waals surface area contributed by atoms with E-state index in [1.54, 1.807) is 6.07 Å². The van der Waals surface area contributed by atoms with E-state index in [4.69, 9.17) is 21.4 Å². The Morgan fingerprint density at radius 2 is 1.90 bits per heavy atom. The number of carboxylic acid groups (broad SMARTS) is 1. The predicted octanol–water partition coefficient (Wildman–Crippen LogP) is 4.54. The van der Waals surface area contributed by atoms with Gasteiger partial charge in [-0.15, -0.1) is 0 Å². The molecule has 2 rings (SSSR count). The van der Waals surface area contributed by atoms with Crippen LogP contribution >= 0.6 is 11.6 Å². The van der Waals surface area contributed by atoms with Crippen LogP contribution in [0, 0.1) is 20.8 Å². The van der Waals surface area contributed by atoms with Crippen molar-refractivity contribution in [2.24, 2.45) is 0 Å². The molecule has 0 aliphatic heterocycles. The van der Waals surface area contributed by atoms with E-state index in [0.717, 1.165) is 22.4 Å². The van der Waals surface area contributed by atoms with Crippen molar-refractivity contribution in [3.05, 3.63) is 63.2 Å². The fourth-order valence-electron chi connectivity index (χ4n) is 2.10. The first-order chi connectivity index (χ1) is 9.88. The van der Waals surface area contributed by atoms with E-state index < -0.39 is 5.97 Å². The largest absolute Gasteiger partial charge is 0.489 e. The lowest BCUT2D eigenvalue weighted by Crippen LogP contribution is -2.01. The highest BCUT2D eigenvalue weighted by molar-refractivity contribution is 6.31. The first-order valence-corrected chi connectivity index (χ1v) is 6.98. The molecular formula is C17H17ClO3. The van der Waals surface area contributed by atoms with Gasteiger partial charge in [0.15, 0.2) is 0 Å². The average Bonchev–Trinajstić information content (AvgIpc) is 2.42. The van der Waals surface area contributed by atoms with Crippen molar-refractivity contribution in [1.82, 2.24) is 0 Å². The van der Waals surface area contributed by atoms with Crippen molar-refractivity contribution >= 4 is 17.6 Å². The smallest absolute Gasteiger partial charge is 0.335 e. The number of benzene rings is 2. The molecule has 0 aliphatic carbocycles. The topological polar surface area (TPSA) is 46.5 Å². The first-order valence-electron chi connectivity index (χ1n) is 6.61. The summed E-state index contributed by atoms with van der Waals surface area (Å²) in [6.45, 7) is 6.39. The molecule has 2 aromatic rings. The molecule has 0 radical (unpaired) electrons. The van der Waals surface area contributed by atoms with E-state index in [-0.39, 0.29) is 5.56 Å². The zero-order valence-electron chi connectivity index (χ0n) is 12.2. The minimum absolute atomic E-state index is 0.173. The summed E-state index contributed by atoms with van der Waals surface area (Å²) in [6.07, 6.45) is 0. The van der Waals surface area contributed by atoms with E-state index in [1.807, 2.05) is 26.8 Å². The van der Waals surface area contributed by atoms with Gasteiger partial charge in [0, 0.05) is 10.6 Å². The molecule has 0 fully saturated rings. The monoisotopic (exact) mass is 304 g/mol. The van der Waals surface area contributed by atoms with Crippen LogP contribution in [0.2, 0.25) is 5.02 Å². The van der Waals surface area contributed by atoms with Crippen LogP contribution in [0.25, 0.3) is 0 Å². The summed E-state index contributed by atoms with van der Waals surface area (Å²) in [6, 6.07) is 8.75. The second-order valence-corrected chi connectivity index (χ2v) is 5.51. The third-order valence-electron chi connectivity index (χ3n) is 3.45. The maximum Gasteiger partial charge on any atom is 0.335 e. The first kappa shape index (κ1) is 15.4. The van der Waals surface area contributed by atoms with Crippen LogP contribution in [0.5, 0.6) is 5.75 Å². The van der Waals surface area contributed by atoms with Crippen LogP contribution in [0.15, 0.2) is 30.3 Å². The fourth-order valence-corrected chi connectivity index (χ4v) is 2.34. The minimum Gasteiger partial charge on any atom is -0.489 e. The number of rotatable bonds is 4. The molecule has 1 N–H and O–H groups in total. The average molecular weight is 305 g/mol. The Morgan fingerprint density at radius 3 is 2.52 bits per heavy atom. The number of carboxylic acids is 1. The summed E-state index contributed by atoms with van der Waals surface area (Å²) < 4.78 is 5.83. The standard InChI is InChI=1S/C17H17ClO3/c1-10-6-11(2)12(3)16(7-10)21-9-14-5-4-13(17(19)20)8-15(14)18/h4-8H,9H2,1-3H3,(H,19,20). The molecule has 0 aromatic heterocycles. The molecule has 110 valence electrons. The molecule has 4 heteroatoms. The number of carbonyl (C=O) groups is 1. The Hall–Kier alpha value is -2.00. The van der Waals surface area contributed by atoms with Crippen LogP contribution in [0.4, 0.5) is 0 Å². The van der Waals surface area contributed by atoms with Crippen LogP contribution in [0.1, 0.15) is 32.6 Å². The fraction of sp³-hybridized carbons (Fsp3) is 0.235. The Labute approximate surface area is 129 Å². The Morgan fingerprint density at radius 1 is 1.19 bits per heavy atom. The summed E-state index contributed by atoms with van der Waals surface area (Å²) in [7, 11) is 0. The van der Waals surface area contributed by atoms with Crippen LogP contribution in [0.3, 0.4) is 0 Å². The van der Waals surface area contributed by atoms with Gasteiger partial charge in [0.1, 0.15) is 12.4 Å². The molecule has 0 unspecified atom stereocenters. The molecule has 3 nitrogen and oxygen atoms in total. The highest BCUT2D eigenvalue weighted by Gasteiger charge is 2.09. The molecule has 0 atom stereocenters. The Bertz CT molecular complexity index is 693. The highest BCUT2D eigenvalue weighted by Crippen LogP contribution is 2.26. The zero-order valence-corrected chi connectivity index (χ0v) is 13.0. The lowest BCUT2D eigenvalue weighted by Gasteiger charge is -2.13. The second kappa shape index (κ2) is 6.19. The van der Waals surface area contributed by atoms with E-state index in [9.17, 15) is 4.79 Å². The molecule has 2 aromatic carbocycles.